The molecule has 3 nitrogen and oxygen atoms in total. The Bertz CT molecular complexity index is 945. The standard InChI is InChI=1S/C22H20N2O/c1-16-8-7-13-21(23-16)19-14-18-11-5-6-12-20(18)24-22(19)25-15-17-9-3-2-4-10-17/h2-14,21,23H,15H2,1H3. The number of rotatable bonds is 4. The lowest BCUT2D eigenvalue weighted by Gasteiger charge is -2.22. The molecule has 0 aliphatic carbocycles. The summed E-state index contributed by atoms with van der Waals surface area (Å²) in [4.78, 5) is 4.77. The van der Waals surface area contributed by atoms with E-state index in [9.17, 15) is 0 Å². The first-order chi connectivity index (χ1) is 12.3. The van der Waals surface area contributed by atoms with Gasteiger partial charge in [0.2, 0.25) is 5.88 Å². The summed E-state index contributed by atoms with van der Waals surface area (Å²) in [5, 5.41) is 4.61. The van der Waals surface area contributed by atoms with E-state index in [2.05, 4.69) is 54.7 Å². The molecule has 0 fully saturated rings. The molecule has 0 amide bonds. The van der Waals surface area contributed by atoms with Gasteiger partial charge in [0.1, 0.15) is 6.61 Å². The highest BCUT2D eigenvalue weighted by Gasteiger charge is 2.18. The highest BCUT2D eigenvalue weighted by Crippen LogP contribution is 2.30. The van der Waals surface area contributed by atoms with Crippen LogP contribution in [0.15, 0.2) is 84.6 Å². The van der Waals surface area contributed by atoms with Crippen molar-refractivity contribution in [1.82, 2.24) is 10.3 Å². The Kier molecular flexibility index (Phi) is 4.21. The lowest BCUT2D eigenvalue weighted by molar-refractivity contribution is 0.290. The monoisotopic (exact) mass is 328 g/mol. The summed E-state index contributed by atoms with van der Waals surface area (Å²) < 4.78 is 6.12. The molecule has 1 aromatic heterocycles. The van der Waals surface area contributed by atoms with Gasteiger partial charge in [-0.1, -0.05) is 60.7 Å². The normalized spacial score (nSPS) is 16.4. The van der Waals surface area contributed by atoms with Crippen molar-refractivity contribution in [2.45, 2.75) is 19.6 Å². The molecule has 1 N–H and O–H groups in total. The van der Waals surface area contributed by atoms with Crippen molar-refractivity contribution in [2.24, 2.45) is 0 Å². The van der Waals surface area contributed by atoms with Crippen LogP contribution in [0.3, 0.4) is 0 Å². The van der Waals surface area contributed by atoms with Crippen molar-refractivity contribution in [3.05, 3.63) is 95.7 Å². The van der Waals surface area contributed by atoms with Crippen molar-refractivity contribution >= 4 is 10.9 Å². The molecule has 0 spiro atoms. The van der Waals surface area contributed by atoms with E-state index >= 15 is 0 Å². The minimum absolute atomic E-state index is 0.0629. The van der Waals surface area contributed by atoms with Gasteiger partial charge < -0.3 is 10.1 Å². The molecule has 4 rings (SSSR count). The van der Waals surface area contributed by atoms with Crippen LogP contribution in [-0.2, 0) is 6.61 Å². The summed E-state index contributed by atoms with van der Waals surface area (Å²) in [5.41, 5.74) is 4.26. The number of allylic oxidation sites excluding steroid dienone is 3. The van der Waals surface area contributed by atoms with Crippen LogP contribution >= 0.6 is 0 Å². The summed E-state index contributed by atoms with van der Waals surface area (Å²) in [6, 6.07) is 20.5. The number of fused-ring (bicyclic) bond motifs is 1. The van der Waals surface area contributed by atoms with Crippen molar-refractivity contribution in [3.63, 3.8) is 0 Å². The molecule has 2 heterocycles. The molecule has 0 saturated heterocycles. The molecule has 3 aromatic rings. The molecular formula is C22H20N2O. The second-order valence-corrected chi connectivity index (χ2v) is 6.21. The molecule has 25 heavy (non-hydrogen) atoms. The van der Waals surface area contributed by atoms with E-state index in [0.29, 0.717) is 12.5 Å². The first kappa shape index (κ1) is 15.5. The fourth-order valence-electron chi connectivity index (χ4n) is 3.01. The molecule has 1 atom stereocenters. The van der Waals surface area contributed by atoms with E-state index < -0.39 is 0 Å². The summed E-state index contributed by atoms with van der Waals surface area (Å²) in [7, 11) is 0. The van der Waals surface area contributed by atoms with Crippen molar-refractivity contribution < 1.29 is 4.74 Å². The van der Waals surface area contributed by atoms with Gasteiger partial charge in [-0.3, -0.25) is 0 Å². The number of nitrogens with zero attached hydrogens (tertiary/aromatic N) is 1. The Morgan fingerprint density at radius 3 is 2.68 bits per heavy atom. The lowest BCUT2D eigenvalue weighted by atomic mass is 10.0. The van der Waals surface area contributed by atoms with E-state index in [1.54, 1.807) is 0 Å². The van der Waals surface area contributed by atoms with E-state index in [1.807, 2.05) is 36.4 Å². The average Bonchev–Trinajstić information content (AvgIpc) is 2.66. The zero-order valence-electron chi connectivity index (χ0n) is 14.1. The second kappa shape index (κ2) is 6.81. The fourth-order valence-corrected chi connectivity index (χ4v) is 3.01. The van der Waals surface area contributed by atoms with Crippen molar-refractivity contribution in [3.8, 4) is 5.88 Å². The van der Waals surface area contributed by atoms with Crippen molar-refractivity contribution in [1.29, 1.82) is 0 Å². The molecule has 0 saturated carbocycles. The minimum atomic E-state index is 0.0629. The maximum Gasteiger partial charge on any atom is 0.219 e. The maximum absolute atomic E-state index is 6.12. The predicted molar refractivity (Wildman–Crippen MR) is 101 cm³/mol. The first-order valence-corrected chi connectivity index (χ1v) is 8.47. The Balaban J connectivity index is 1.71. The van der Waals surface area contributed by atoms with Gasteiger partial charge in [0.25, 0.3) is 0 Å². The summed E-state index contributed by atoms with van der Waals surface area (Å²) in [6.45, 7) is 2.57. The largest absolute Gasteiger partial charge is 0.473 e. The number of benzene rings is 2. The third kappa shape index (κ3) is 3.41. The maximum atomic E-state index is 6.12. The quantitative estimate of drug-likeness (QED) is 0.738. The molecule has 0 bridgehead atoms. The molecule has 0 radical (unpaired) electrons. The van der Waals surface area contributed by atoms with E-state index in [0.717, 1.165) is 27.7 Å². The van der Waals surface area contributed by atoms with Gasteiger partial charge in [0.15, 0.2) is 0 Å². The fraction of sp³-hybridized carbons (Fsp3) is 0.136. The summed E-state index contributed by atoms with van der Waals surface area (Å²) in [5.74, 6) is 0.680. The van der Waals surface area contributed by atoms with Crippen LogP contribution in [-0.4, -0.2) is 4.98 Å². The summed E-state index contributed by atoms with van der Waals surface area (Å²) in [6.07, 6.45) is 6.27. The molecule has 1 aliphatic heterocycles. The van der Waals surface area contributed by atoms with Gasteiger partial charge in [-0.25, -0.2) is 4.98 Å². The number of dihydropyridines is 1. The van der Waals surface area contributed by atoms with Gasteiger partial charge in [-0.15, -0.1) is 0 Å². The Morgan fingerprint density at radius 1 is 1.04 bits per heavy atom. The molecule has 1 aliphatic rings. The van der Waals surface area contributed by atoms with Crippen molar-refractivity contribution in [2.75, 3.05) is 0 Å². The Labute approximate surface area is 147 Å². The van der Waals surface area contributed by atoms with Crippen LogP contribution in [0.5, 0.6) is 5.88 Å². The molecule has 2 aromatic carbocycles. The van der Waals surface area contributed by atoms with Gasteiger partial charge in [0, 0.05) is 16.6 Å². The van der Waals surface area contributed by atoms with E-state index in [4.69, 9.17) is 9.72 Å². The van der Waals surface area contributed by atoms with E-state index in [1.165, 1.54) is 0 Å². The number of hydrogen-bond acceptors (Lipinski definition) is 3. The smallest absolute Gasteiger partial charge is 0.219 e. The van der Waals surface area contributed by atoms with Crippen LogP contribution in [0.1, 0.15) is 24.1 Å². The number of aromatic nitrogens is 1. The Morgan fingerprint density at radius 2 is 1.84 bits per heavy atom. The Hall–Kier alpha value is -3.07. The number of hydrogen-bond donors (Lipinski definition) is 1. The topological polar surface area (TPSA) is 34.1 Å². The SMILES string of the molecule is CC1=CC=CC(c2cc3ccccc3nc2OCc2ccccc2)N1. The molecule has 124 valence electrons. The number of para-hydroxylation sites is 1. The summed E-state index contributed by atoms with van der Waals surface area (Å²) >= 11 is 0. The third-order valence-electron chi connectivity index (χ3n) is 4.30. The molecule has 1 unspecified atom stereocenters. The highest BCUT2D eigenvalue weighted by molar-refractivity contribution is 5.80. The minimum Gasteiger partial charge on any atom is -0.473 e. The van der Waals surface area contributed by atoms with Gasteiger partial charge >= 0.3 is 0 Å². The average molecular weight is 328 g/mol. The van der Waals surface area contributed by atoms with Gasteiger partial charge in [-0.05, 0) is 30.7 Å². The molecule has 3 heteroatoms. The zero-order chi connectivity index (χ0) is 17.1. The van der Waals surface area contributed by atoms with E-state index in [-0.39, 0.29) is 6.04 Å². The molecular weight excluding hydrogens is 308 g/mol. The zero-order valence-corrected chi connectivity index (χ0v) is 14.1. The number of pyridine rings is 1. The van der Waals surface area contributed by atoms with Crippen LogP contribution < -0.4 is 10.1 Å². The predicted octanol–water partition coefficient (Wildman–Crippen LogP) is 4.92. The third-order valence-corrected chi connectivity index (χ3v) is 4.30. The van der Waals surface area contributed by atoms with Crippen LogP contribution in [0.2, 0.25) is 0 Å². The second-order valence-electron chi connectivity index (χ2n) is 6.21. The number of nitrogens with one attached hydrogen (secondary N) is 1. The van der Waals surface area contributed by atoms with Crippen LogP contribution in [0.4, 0.5) is 0 Å². The first-order valence-electron chi connectivity index (χ1n) is 8.47. The highest BCUT2D eigenvalue weighted by atomic mass is 16.5. The van der Waals surface area contributed by atoms with Crippen LogP contribution in [0, 0.1) is 0 Å². The van der Waals surface area contributed by atoms with Gasteiger partial charge in [-0.2, -0.15) is 0 Å². The van der Waals surface area contributed by atoms with Gasteiger partial charge in [0.05, 0.1) is 11.6 Å². The van der Waals surface area contributed by atoms with Crippen LogP contribution in [0.25, 0.3) is 10.9 Å². The number of ether oxygens (including phenoxy) is 1. The lowest BCUT2D eigenvalue weighted by Crippen LogP contribution is -2.20.